The van der Waals surface area contributed by atoms with Crippen molar-refractivity contribution >= 4 is 0 Å². The van der Waals surface area contributed by atoms with Crippen LogP contribution in [0.2, 0.25) is 0 Å². The molecule has 2 nitrogen and oxygen atoms in total. The van der Waals surface area contributed by atoms with E-state index in [9.17, 15) is 13.9 Å². The van der Waals surface area contributed by atoms with Gasteiger partial charge in [-0.3, -0.25) is 0 Å². The van der Waals surface area contributed by atoms with Gasteiger partial charge in [-0.25, -0.2) is 8.78 Å². The molecule has 0 saturated carbocycles. The van der Waals surface area contributed by atoms with Crippen molar-refractivity contribution in [2.75, 3.05) is 6.61 Å². The maximum Gasteiger partial charge on any atom is 0.164 e. The number of ether oxygens (including phenoxy) is 1. The molecule has 2 aromatic rings. The molecule has 2 aromatic carbocycles. The second kappa shape index (κ2) is 4.63. The molecule has 1 heterocycles. The van der Waals surface area contributed by atoms with E-state index >= 15 is 0 Å². The van der Waals surface area contributed by atoms with E-state index in [1.54, 1.807) is 6.07 Å². The summed E-state index contributed by atoms with van der Waals surface area (Å²) in [5.74, 6) is -1.65. The summed E-state index contributed by atoms with van der Waals surface area (Å²) < 4.78 is 32.4. The normalized spacial score (nSPS) is 18.8. The van der Waals surface area contributed by atoms with Crippen molar-refractivity contribution in [3.05, 3.63) is 65.2 Å². The van der Waals surface area contributed by atoms with Gasteiger partial charge in [0.15, 0.2) is 11.6 Å². The highest BCUT2D eigenvalue weighted by Gasteiger charge is 2.32. The molecule has 98 valence electrons. The standard InChI is InChI=1S/C15H12F2O2/c16-12-6-3-5-10(14(12)17)15(18)11-8-19-13-7-2-1-4-9(11)13/h1-7,11,15,18H,8H2. The molecule has 2 unspecified atom stereocenters. The Hall–Kier alpha value is -1.94. The zero-order valence-corrected chi connectivity index (χ0v) is 10.0. The minimum absolute atomic E-state index is 0.0368. The van der Waals surface area contributed by atoms with Crippen molar-refractivity contribution < 1.29 is 18.6 Å². The first kappa shape index (κ1) is 12.1. The van der Waals surface area contributed by atoms with Crippen LogP contribution in [0.3, 0.4) is 0 Å². The third-order valence-electron chi connectivity index (χ3n) is 3.42. The van der Waals surface area contributed by atoms with E-state index in [1.165, 1.54) is 12.1 Å². The number of halogens is 2. The van der Waals surface area contributed by atoms with Gasteiger partial charge in [0.05, 0.1) is 18.6 Å². The van der Waals surface area contributed by atoms with Crippen LogP contribution in [0.4, 0.5) is 8.78 Å². The van der Waals surface area contributed by atoms with Crippen molar-refractivity contribution in [1.82, 2.24) is 0 Å². The maximum atomic E-state index is 13.7. The Bertz CT molecular complexity index is 613. The van der Waals surface area contributed by atoms with Crippen LogP contribution in [0.5, 0.6) is 5.75 Å². The van der Waals surface area contributed by atoms with Gasteiger partial charge >= 0.3 is 0 Å². The monoisotopic (exact) mass is 262 g/mol. The van der Waals surface area contributed by atoms with Gasteiger partial charge in [0.25, 0.3) is 0 Å². The highest BCUT2D eigenvalue weighted by atomic mass is 19.2. The number of benzene rings is 2. The SMILES string of the molecule is OC(c1cccc(F)c1F)C1COc2ccccc21. The summed E-state index contributed by atoms with van der Waals surface area (Å²) in [6.45, 7) is 0.260. The molecular formula is C15H12F2O2. The molecule has 0 aliphatic carbocycles. The van der Waals surface area contributed by atoms with E-state index in [2.05, 4.69) is 0 Å². The van der Waals surface area contributed by atoms with E-state index in [1.807, 2.05) is 18.2 Å². The molecule has 1 aliphatic rings. The lowest BCUT2D eigenvalue weighted by Crippen LogP contribution is -2.14. The predicted octanol–water partition coefficient (Wildman–Crippen LogP) is 3.17. The number of aliphatic hydroxyl groups is 1. The van der Waals surface area contributed by atoms with Crippen LogP contribution in [-0.2, 0) is 0 Å². The summed E-state index contributed by atoms with van der Waals surface area (Å²) in [6, 6.07) is 11.1. The van der Waals surface area contributed by atoms with Gasteiger partial charge in [0.1, 0.15) is 5.75 Å². The maximum absolute atomic E-state index is 13.7. The molecule has 0 saturated heterocycles. The van der Waals surface area contributed by atoms with Crippen LogP contribution in [0.25, 0.3) is 0 Å². The Morgan fingerprint density at radius 2 is 1.89 bits per heavy atom. The Labute approximate surface area is 109 Å². The topological polar surface area (TPSA) is 29.5 Å². The summed E-state index contributed by atoms with van der Waals surface area (Å²) in [4.78, 5) is 0. The predicted molar refractivity (Wildman–Crippen MR) is 66.0 cm³/mol. The summed E-state index contributed by atoms with van der Waals surface area (Å²) in [5, 5.41) is 10.3. The summed E-state index contributed by atoms with van der Waals surface area (Å²) in [6.07, 6.45) is -1.13. The number of fused-ring (bicyclic) bond motifs is 1. The Morgan fingerprint density at radius 1 is 1.11 bits per heavy atom. The first-order valence-electron chi connectivity index (χ1n) is 6.02. The van der Waals surface area contributed by atoms with Gasteiger partial charge in [-0.05, 0) is 12.1 Å². The molecule has 2 atom stereocenters. The second-order valence-corrected chi connectivity index (χ2v) is 4.54. The lowest BCUT2D eigenvalue weighted by molar-refractivity contribution is 0.125. The molecule has 0 radical (unpaired) electrons. The lowest BCUT2D eigenvalue weighted by atomic mass is 9.90. The minimum atomic E-state index is -1.13. The average molecular weight is 262 g/mol. The molecule has 0 amide bonds. The van der Waals surface area contributed by atoms with Crippen molar-refractivity contribution in [2.45, 2.75) is 12.0 Å². The highest BCUT2D eigenvalue weighted by Crippen LogP contribution is 2.41. The van der Waals surface area contributed by atoms with Crippen LogP contribution in [-0.4, -0.2) is 11.7 Å². The van der Waals surface area contributed by atoms with Gasteiger partial charge in [0.2, 0.25) is 0 Å². The molecule has 0 bridgehead atoms. The molecule has 19 heavy (non-hydrogen) atoms. The summed E-state index contributed by atoms with van der Waals surface area (Å²) >= 11 is 0. The first-order valence-corrected chi connectivity index (χ1v) is 6.02. The largest absolute Gasteiger partial charge is 0.493 e. The molecule has 3 rings (SSSR count). The van der Waals surface area contributed by atoms with E-state index in [0.29, 0.717) is 5.75 Å². The quantitative estimate of drug-likeness (QED) is 0.900. The fourth-order valence-corrected chi connectivity index (χ4v) is 2.41. The van der Waals surface area contributed by atoms with Crippen LogP contribution in [0.15, 0.2) is 42.5 Å². The van der Waals surface area contributed by atoms with Gasteiger partial charge in [0, 0.05) is 11.1 Å². The highest BCUT2D eigenvalue weighted by molar-refractivity contribution is 5.41. The molecule has 0 spiro atoms. The third-order valence-corrected chi connectivity index (χ3v) is 3.42. The Morgan fingerprint density at radius 3 is 2.74 bits per heavy atom. The molecular weight excluding hydrogens is 250 g/mol. The van der Waals surface area contributed by atoms with Crippen LogP contribution >= 0.6 is 0 Å². The van der Waals surface area contributed by atoms with E-state index < -0.39 is 17.7 Å². The molecule has 1 aliphatic heterocycles. The summed E-state index contributed by atoms with van der Waals surface area (Å²) in [5.41, 5.74) is 0.781. The number of aliphatic hydroxyl groups excluding tert-OH is 1. The van der Waals surface area contributed by atoms with E-state index in [4.69, 9.17) is 4.74 Å². The fraction of sp³-hybridized carbons (Fsp3) is 0.200. The Kier molecular flexibility index (Phi) is 2.95. The molecule has 1 N–H and O–H groups in total. The van der Waals surface area contributed by atoms with Crippen LogP contribution in [0.1, 0.15) is 23.1 Å². The van der Waals surface area contributed by atoms with Crippen molar-refractivity contribution in [3.8, 4) is 5.75 Å². The zero-order chi connectivity index (χ0) is 13.4. The number of hydrogen-bond donors (Lipinski definition) is 1. The number of hydrogen-bond acceptors (Lipinski definition) is 2. The van der Waals surface area contributed by atoms with E-state index in [-0.39, 0.29) is 18.1 Å². The zero-order valence-electron chi connectivity index (χ0n) is 10.0. The number of rotatable bonds is 2. The second-order valence-electron chi connectivity index (χ2n) is 4.54. The van der Waals surface area contributed by atoms with Gasteiger partial charge in [-0.2, -0.15) is 0 Å². The van der Waals surface area contributed by atoms with Gasteiger partial charge in [-0.1, -0.05) is 30.3 Å². The number of para-hydroxylation sites is 1. The average Bonchev–Trinajstić information content (AvgIpc) is 2.85. The fourth-order valence-electron chi connectivity index (χ4n) is 2.41. The first-order chi connectivity index (χ1) is 9.18. The van der Waals surface area contributed by atoms with E-state index in [0.717, 1.165) is 11.6 Å². The summed E-state index contributed by atoms with van der Waals surface area (Å²) in [7, 11) is 0. The third kappa shape index (κ3) is 1.98. The molecule has 0 fully saturated rings. The van der Waals surface area contributed by atoms with Crippen LogP contribution < -0.4 is 4.74 Å². The molecule has 4 heteroatoms. The van der Waals surface area contributed by atoms with Crippen molar-refractivity contribution in [2.24, 2.45) is 0 Å². The Balaban J connectivity index is 1.98. The van der Waals surface area contributed by atoms with Crippen LogP contribution in [0, 0.1) is 11.6 Å². The minimum Gasteiger partial charge on any atom is -0.493 e. The lowest BCUT2D eigenvalue weighted by Gasteiger charge is -2.18. The van der Waals surface area contributed by atoms with Gasteiger partial charge in [-0.15, -0.1) is 0 Å². The molecule has 0 aromatic heterocycles. The smallest absolute Gasteiger partial charge is 0.164 e. The van der Waals surface area contributed by atoms with Crippen molar-refractivity contribution in [3.63, 3.8) is 0 Å². The van der Waals surface area contributed by atoms with Gasteiger partial charge < -0.3 is 9.84 Å². The van der Waals surface area contributed by atoms with Crippen molar-refractivity contribution in [1.29, 1.82) is 0 Å².